The average Bonchev–Trinajstić information content (AvgIpc) is 2.71. The molecular weight excluding hydrogens is 242 g/mol. The summed E-state index contributed by atoms with van der Waals surface area (Å²) in [7, 11) is -2.26. The van der Waals surface area contributed by atoms with E-state index in [2.05, 4.69) is 0 Å². The molecule has 0 saturated heterocycles. The Morgan fingerprint density at radius 3 is 2.59 bits per heavy atom. The summed E-state index contributed by atoms with van der Waals surface area (Å²) >= 11 is 0. The fraction of sp³-hybridized carbons (Fsp3) is 0.364. The minimum Gasteiger partial charge on any atom is -0.462 e. The van der Waals surface area contributed by atoms with Crippen molar-refractivity contribution in [3.8, 4) is 0 Å². The Kier molecular flexibility index (Phi) is 4.11. The predicted octanol–water partition coefficient (Wildman–Crippen LogP) is 1.41. The van der Waals surface area contributed by atoms with Gasteiger partial charge in [-0.2, -0.15) is 0 Å². The molecule has 1 heterocycles. The van der Waals surface area contributed by atoms with Crippen molar-refractivity contribution in [2.45, 2.75) is 13.8 Å². The van der Waals surface area contributed by atoms with E-state index in [9.17, 15) is 13.2 Å². The maximum Gasteiger partial charge on any atom is 0.259 e. The highest BCUT2D eigenvalue weighted by atomic mass is 32.2. The van der Waals surface area contributed by atoms with Gasteiger partial charge in [0.25, 0.3) is 5.91 Å². The van der Waals surface area contributed by atoms with Crippen molar-refractivity contribution in [1.82, 2.24) is 4.31 Å². The second-order valence-corrected chi connectivity index (χ2v) is 5.78. The second-order valence-electron chi connectivity index (χ2n) is 3.49. The molecule has 0 radical (unpaired) electrons. The lowest BCUT2D eigenvalue weighted by atomic mass is 10.4. The number of carbonyl (C=O) groups excluding carboxylic acids is 1. The Hall–Kier alpha value is -1.56. The highest BCUT2D eigenvalue weighted by Gasteiger charge is 2.18. The molecule has 0 atom stereocenters. The molecule has 5 nitrogen and oxygen atoms in total. The van der Waals surface area contributed by atoms with E-state index in [0.29, 0.717) is 5.76 Å². The van der Waals surface area contributed by atoms with Crippen LogP contribution in [-0.2, 0) is 14.8 Å². The summed E-state index contributed by atoms with van der Waals surface area (Å²) in [6, 6.07) is 3.46. The van der Waals surface area contributed by atoms with Gasteiger partial charge in [-0.1, -0.05) is 0 Å². The van der Waals surface area contributed by atoms with Gasteiger partial charge in [0.15, 0.2) is 0 Å². The third-order valence-corrected chi connectivity index (χ3v) is 3.99. The molecule has 94 valence electrons. The summed E-state index contributed by atoms with van der Waals surface area (Å²) < 4.78 is 28.7. The molecule has 0 N–H and O–H groups in total. The summed E-state index contributed by atoms with van der Waals surface area (Å²) in [6.07, 6.45) is 2.61. The van der Waals surface area contributed by atoms with Crippen LogP contribution >= 0.6 is 0 Å². The number of rotatable bonds is 4. The number of nitrogens with zero attached hydrogens (tertiary/aromatic N) is 1. The van der Waals surface area contributed by atoms with Crippen LogP contribution in [-0.4, -0.2) is 31.4 Å². The number of amides is 1. The van der Waals surface area contributed by atoms with Gasteiger partial charge >= 0.3 is 0 Å². The van der Waals surface area contributed by atoms with Crippen LogP contribution < -0.4 is 0 Å². The lowest BCUT2D eigenvalue weighted by molar-refractivity contribution is -0.120. The molecule has 0 fully saturated rings. The fourth-order valence-corrected chi connectivity index (χ4v) is 1.85. The van der Waals surface area contributed by atoms with Crippen molar-refractivity contribution < 1.29 is 17.6 Å². The van der Waals surface area contributed by atoms with Crippen molar-refractivity contribution in [1.29, 1.82) is 0 Å². The summed E-state index contributed by atoms with van der Waals surface area (Å²) in [5.74, 6) is 0.536. The molecule has 0 aliphatic heterocycles. The minimum absolute atomic E-state index is 0.108. The van der Waals surface area contributed by atoms with Crippen LogP contribution in [0.15, 0.2) is 22.6 Å². The lowest BCUT2D eigenvalue weighted by Crippen LogP contribution is -2.32. The van der Waals surface area contributed by atoms with Crippen LogP contribution in [0.1, 0.15) is 18.4 Å². The molecule has 17 heavy (non-hydrogen) atoms. The molecule has 1 aromatic rings. The maximum absolute atomic E-state index is 11.5. The Bertz CT molecular complexity index is 527. The van der Waals surface area contributed by atoms with Gasteiger partial charge < -0.3 is 4.42 Å². The van der Waals surface area contributed by atoms with Gasteiger partial charge in [-0.05, 0) is 32.1 Å². The molecule has 0 aliphatic rings. The van der Waals surface area contributed by atoms with Crippen LogP contribution in [0.3, 0.4) is 0 Å². The normalized spacial score (nSPS) is 11.9. The van der Waals surface area contributed by atoms with E-state index in [-0.39, 0.29) is 5.75 Å². The Morgan fingerprint density at radius 2 is 2.12 bits per heavy atom. The quantitative estimate of drug-likeness (QED) is 0.765. The topological polar surface area (TPSA) is 67.6 Å². The first-order valence-corrected chi connectivity index (χ1v) is 6.73. The van der Waals surface area contributed by atoms with Gasteiger partial charge in [0.2, 0.25) is 10.0 Å². The zero-order valence-electron chi connectivity index (χ0n) is 10.0. The van der Waals surface area contributed by atoms with Crippen molar-refractivity contribution in [2.24, 2.45) is 0 Å². The summed E-state index contributed by atoms with van der Waals surface area (Å²) in [5, 5.41) is 0. The molecule has 6 heteroatoms. The van der Waals surface area contributed by atoms with E-state index in [1.165, 1.54) is 26.1 Å². The molecule has 0 saturated carbocycles. The molecule has 0 aliphatic carbocycles. The van der Waals surface area contributed by atoms with Gasteiger partial charge in [0, 0.05) is 13.1 Å². The first kappa shape index (κ1) is 13.5. The number of sulfonamides is 1. The average molecular weight is 257 g/mol. The van der Waals surface area contributed by atoms with Crippen LogP contribution in [0, 0.1) is 6.92 Å². The fourth-order valence-electron chi connectivity index (χ4n) is 1.13. The zero-order chi connectivity index (χ0) is 13.1. The van der Waals surface area contributed by atoms with E-state index in [0.717, 1.165) is 10.1 Å². The van der Waals surface area contributed by atoms with Crippen LogP contribution in [0.4, 0.5) is 0 Å². The molecule has 0 aromatic carbocycles. The third kappa shape index (κ3) is 3.45. The first-order chi connectivity index (χ1) is 7.86. The summed E-state index contributed by atoms with van der Waals surface area (Å²) in [5.41, 5.74) is 0. The standard InChI is InChI=1S/C11H15NO4S/c1-4-17(14,15)12(3)11(13)8-7-10-6-5-9(2)16-10/h5-8H,4H2,1-3H3/b8-7-. The maximum atomic E-state index is 11.5. The van der Waals surface area contributed by atoms with Gasteiger partial charge in [-0.25, -0.2) is 12.7 Å². The van der Waals surface area contributed by atoms with Gasteiger partial charge in [-0.15, -0.1) is 0 Å². The lowest BCUT2D eigenvalue weighted by Gasteiger charge is -2.13. The molecule has 0 spiro atoms. The largest absolute Gasteiger partial charge is 0.462 e. The van der Waals surface area contributed by atoms with Crippen LogP contribution in [0.25, 0.3) is 6.08 Å². The van der Waals surface area contributed by atoms with E-state index >= 15 is 0 Å². The van der Waals surface area contributed by atoms with Crippen molar-refractivity contribution in [3.05, 3.63) is 29.7 Å². The number of aryl methyl sites for hydroxylation is 1. The Morgan fingerprint density at radius 1 is 1.47 bits per heavy atom. The molecule has 1 aromatic heterocycles. The van der Waals surface area contributed by atoms with Crippen molar-refractivity contribution in [2.75, 3.05) is 12.8 Å². The minimum atomic E-state index is -3.49. The number of likely N-dealkylation sites (N-methyl/N-ethyl adjacent to an activating group) is 1. The van der Waals surface area contributed by atoms with Crippen molar-refractivity contribution >= 4 is 22.0 Å². The highest BCUT2D eigenvalue weighted by molar-refractivity contribution is 7.89. The molecule has 1 rings (SSSR count). The molecule has 1 amide bonds. The second kappa shape index (κ2) is 5.18. The Balaban J connectivity index is 2.76. The predicted molar refractivity (Wildman–Crippen MR) is 64.7 cm³/mol. The van der Waals surface area contributed by atoms with Gasteiger partial charge in [-0.3, -0.25) is 4.79 Å². The Labute approximate surface area is 101 Å². The number of hydrogen-bond donors (Lipinski definition) is 0. The third-order valence-electron chi connectivity index (χ3n) is 2.24. The summed E-state index contributed by atoms with van der Waals surface area (Å²) in [4.78, 5) is 11.5. The molecule has 0 unspecified atom stereocenters. The highest BCUT2D eigenvalue weighted by Crippen LogP contribution is 2.08. The summed E-state index contributed by atoms with van der Waals surface area (Å²) in [6.45, 7) is 3.27. The SMILES string of the molecule is CCS(=O)(=O)N(C)C(=O)/C=C\c1ccc(C)o1. The van der Waals surface area contributed by atoms with Crippen molar-refractivity contribution in [3.63, 3.8) is 0 Å². The molecule has 0 bridgehead atoms. The van der Waals surface area contributed by atoms with Crippen LogP contribution in [0.5, 0.6) is 0 Å². The van der Waals surface area contributed by atoms with Gasteiger partial charge in [0.1, 0.15) is 11.5 Å². The smallest absolute Gasteiger partial charge is 0.259 e. The monoisotopic (exact) mass is 257 g/mol. The van der Waals surface area contributed by atoms with E-state index in [1.54, 1.807) is 19.1 Å². The first-order valence-electron chi connectivity index (χ1n) is 5.12. The zero-order valence-corrected chi connectivity index (χ0v) is 10.8. The van der Waals surface area contributed by atoms with Gasteiger partial charge in [0.05, 0.1) is 5.75 Å². The number of carbonyl (C=O) groups is 1. The van der Waals surface area contributed by atoms with E-state index in [1.807, 2.05) is 0 Å². The van der Waals surface area contributed by atoms with Crippen LogP contribution in [0.2, 0.25) is 0 Å². The molecular formula is C11H15NO4S. The number of furan rings is 1. The number of hydrogen-bond acceptors (Lipinski definition) is 4. The van der Waals surface area contributed by atoms with E-state index < -0.39 is 15.9 Å². The van der Waals surface area contributed by atoms with E-state index in [4.69, 9.17) is 4.42 Å².